The lowest BCUT2D eigenvalue weighted by Gasteiger charge is -2.29. The van der Waals surface area contributed by atoms with Crippen LogP contribution in [0.5, 0.6) is 0 Å². The molecule has 0 aromatic heterocycles. The Labute approximate surface area is 93.8 Å². The summed E-state index contributed by atoms with van der Waals surface area (Å²) in [5, 5.41) is 3.07. The van der Waals surface area contributed by atoms with E-state index in [1.807, 2.05) is 13.8 Å². The van der Waals surface area contributed by atoms with Crippen molar-refractivity contribution in [1.82, 2.24) is 5.32 Å². The second kappa shape index (κ2) is 6.11. The van der Waals surface area contributed by atoms with Gasteiger partial charge in [-0.3, -0.25) is 4.79 Å². The van der Waals surface area contributed by atoms with Crippen molar-refractivity contribution in [1.29, 1.82) is 0 Å². The predicted octanol–water partition coefficient (Wildman–Crippen LogP) is 1.91. The standard InChI is InChI=1S/C12H26N2O/c1-6-7-12(4,5)14-11(15)10(8-13)9(2)3/h9-10H,6-8,13H2,1-5H3,(H,14,15). The van der Waals surface area contributed by atoms with Crippen molar-refractivity contribution < 1.29 is 4.79 Å². The Kier molecular flexibility index (Phi) is 5.88. The van der Waals surface area contributed by atoms with E-state index in [0.717, 1.165) is 12.8 Å². The molecular formula is C12H26N2O. The van der Waals surface area contributed by atoms with Gasteiger partial charge < -0.3 is 11.1 Å². The number of carbonyl (C=O) groups excluding carboxylic acids is 1. The Morgan fingerprint density at radius 3 is 2.27 bits per heavy atom. The summed E-state index contributed by atoms with van der Waals surface area (Å²) in [7, 11) is 0. The molecule has 0 spiro atoms. The minimum absolute atomic E-state index is 0.0684. The smallest absolute Gasteiger partial charge is 0.225 e. The third-order valence-corrected chi connectivity index (χ3v) is 2.73. The number of rotatable bonds is 6. The van der Waals surface area contributed by atoms with Crippen LogP contribution in [0.4, 0.5) is 0 Å². The van der Waals surface area contributed by atoms with Crippen molar-refractivity contribution in [3.63, 3.8) is 0 Å². The molecule has 0 radical (unpaired) electrons. The van der Waals surface area contributed by atoms with Crippen LogP contribution in [0.3, 0.4) is 0 Å². The topological polar surface area (TPSA) is 55.1 Å². The van der Waals surface area contributed by atoms with Crippen LogP contribution in [0.25, 0.3) is 0 Å². The van der Waals surface area contributed by atoms with Crippen LogP contribution in [-0.4, -0.2) is 18.0 Å². The summed E-state index contributed by atoms with van der Waals surface area (Å²) in [5.41, 5.74) is 5.49. The second-order valence-electron chi connectivity index (χ2n) is 5.21. The second-order valence-corrected chi connectivity index (χ2v) is 5.21. The van der Waals surface area contributed by atoms with E-state index in [1.54, 1.807) is 0 Å². The van der Waals surface area contributed by atoms with Gasteiger partial charge in [-0.1, -0.05) is 27.2 Å². The zero-order valence-electron chi connectivity index (χ0n) is 10.8. The zero-order chi connectivity index (χ0) is 12.1. The van der Waals surface area contributed by atoms with Crippen LogP contribution in [0.15, 0.2) is 0 Å². The highest BCUT2D eigenvalue weighted by molar-refractivity contribution is 5.79. The molecule has 1 amide bonds. The summed E-state index contributed by atoms with van der Waals surface area (Å²) in [6, 6.07) is 0. The van der Waals surface area contributed by atoms with Gasteiger partial charge in [-0.15, -0.1) is 0 Å². The summed E-state index contributed by atoms with van der Waals surface area (Å²) in [6.45, 7) is 10.7. The van der Waals surface area contributed by atoms with E-state index in [-0.39, 0.29) is 17.4 Å². The summed E-state index contributed by atoms with van der Waals surface area (Å²) in [4.78, 5) is 11.9. The fourth-order valence-electron chi connectivity index (χ4n) is 1.80. The molecule has 0 bridgehead atoms. The Morgan fingerprint density at radius 2 is 1.93 bits per heavy atom. The number of carbonyl (C=O) groups is 1. The Bertz CT molecular complexity index is 200. The molecule has 0 saturated carbocycles. The van der Waals surface area contributed by atoms with E-state index in [2.05, 4.69) is 26.1 Å². The lowest BCUT2D eigenvalue weighted by molar-refractivity contribution is -0.127. The molecule has 1 unspecified atom stereocenters. The van der Waals surface area contributed by atoms with E-state index in [1.165, 1.54) is 0 Å². The molecule has 0 rings (SSSR count). The lowest BCUT2D eigenvalue weighted by Crippen LogP contribution is -2.48. The van der Waals surface area contributed by atoms with E-state index in [9.17, 15) is 4.79 Å². The van der Waals surface area contributed by atoms with Gasteiger partial charge in [0.2, 0.25) is 5.91 Å². The average molecular weight is 214 g/mol. The van der Waals surface area contributed by atoms with Gasteiger partial charge in [0.05, 0.1) is 5.92 Å². The molecule has 0 heterocycles. The van der Waals surface area contributed by atoms with Crippen molar-refractivity contribution in [2.75, 3.05) is 6.54 Å². The molecule has 15 heavy (non-hydrogen) atoms. The number of nitrogens with two attached hydrogens (primary N) is 1. The van der Waals surface area contributed by atoms with Crippen molar-refractivity contribution in [2.45, 2.75) is 53.0 Å². The third-order valence-electron chi connectivity index (χ3n) is 2.73. The van der Waals surface area contributed by atoms with Crippen LogP contribution in [0.1, 0.15) is 47.5 Å². The normalized spacial score (nSPS) is 14.1. The Morgan fingerprint density at radius 1 is 1.40 bits per heavy atom. The highest BCUT2D eigenvalue weighted by Crippen LogP contribution is 2.15. The maximum absolute atomic E-state index is 11.9. The molecule has 0 aliphatic heterocycles. The first-order valence-electron chi connectivity index (χ1n) is 5.86. The van der Waals surface area contributed by atoms with Gasteiger partial charge in [-0.2, -0.15) is 0 Å². The minimum Gasteiger partial charge on any atom is -0.351 e. The van der Waals surface area contributed by atoms with Crippen LogP contribution < -0.4 is 11.1 Å². The third kappa shape index (κ3) is 5.17. The van der Waals surface area contributed by atoms with Gasteiger partial charge in [-0.05, 0) is 26.2 Å². The van der Waals surface area contributed by atoms with Gasteiger partial charge in [0.25, 0.3) is 0 Å². The van der Waals surface area contributed by atoms with E-state index in [0.29, 0.717) is 12.5 Å². The van der Waals surface area contributed by atoms with Crippen molar-refractivity contribution >= 4 is 5.91 Å². The lowest BCUT2D eigenvalue weighted by atomic mass is 9.92. The van der Waals surface area contributed by atoms with E-state index < -0.39 is 0 Å². The molecular weight excluding hydrogens is 188 g/mol. The van der Waals surface area contributed by atoms with Crippen LogP contribution in [0.2, 0.25) is 0 Å². The molecule has 90 valence electrons. The molecule has 1 atom stereocenters. The molecule has 0 aliphatic carbocycles. The average Bonchev–Trinajstić information content (AvgIpc) is 2.02. The van der Waals surface area contributed by atoms with Gasteiger partial charge in [0.1, 0.15) is 0 Å². The summed E-state index contributed by atoms with van der Waals surface area (Å²) in [6.07, 6.45) is 2.07. The molecule has 0 aromatic rings. The monoisotopic (exact) mass is 214 g/mol. The van der Waals surface area contributed by atoms with Gasteiger partial charge in [-0.25, -0.2) is 0 Å². The minimum atomic E-state index is -0.117. The van der Waals surface area contributed by atoms with Crippen LogP contribution in [0, 0.1) is 11.8 Å². The molecule has 0 aromatic carbocycles. The fourth-order valence-corrected chi connectivity index (χ4v) is 1.80. The summed E-state index contributed by atoms with van der Waals surface area (Å²) < 4.78 is 0. The van der Waals surface area contributed by atoms with Crippen LogP contribution in [-0.2, 0) is 4.79 Å². The van der Waals surface area contributed by atoms with E-state index in [4.69, 9.17) is 5.73 Å². The quantitative estimate of drug-likeness (QED) is 0.709. The molecule has 0 fully saturated rings. The van der Waals surface area contributed by atoms with Crippen molar-refractivity contribution in [3.05, 3.63) is 0 Å². The molecule has 3 N–H and O–H groups in total. The van der Waals surface area contributed by atoms with Gasteiger partial charge in [0, 0.05) is 12.1 Å². The summed E-state index contributed by atoms with van der Waals surface area (Å²) in [5.74, 6) is 0.319. The largest absolute Gasteiger partial charge is 0.351 e. The SMILES string of the molecule is CCCC(C)(C)NC(=O)C(CN)C(C)C. The zero-order valence-corrected chi connectivity index (χ0v) is 10.8. The Hall–Kier alpha value is -0.570. The van der Waals surface area contributed by atoms with Crippen molar-refractivity contribution in [3.8, 4) is 0 Å². The fraction of sp³-hybridized carbons (Fsp3) is 0.917. The highest BCUT2D eigenvalue weighted by Gasteiger charge is 2.26. The number of hydrogen-bond donors (Lipinski definition) is 2. The highest BCUT2D eigenvalue weighted by atomic mass is 16.2. The molecule has 3 nitrogen and oxygen atoms in total. The van der Waals surface area contributed by atoms with E-state index >= 15 is 0 Å². The number of nitrogens with one attached hydrogen (secondary N) is 1. The maximum Gasteiger partial charge on any atom is 0.225 e. The van der Waals surface area contributed by atoms with Crippen LogP contribution >= 0.6 is 0 Å². The number of hydrogen-bond acceptors (Lipinski definition) is 2. The predicted molar refractivity (Wildman–Crippen MR) is 64.5 cm³/mol. The Balaban J connectivity index is 4.33. The maximum atomic E-state index is 11.9. The van der Waals surface area contributed by atoms with Gasteiger partial charge >= 0.3 is 0 Å². The first kappa shape index (κ1) is 14.4. The first-order valence-corrected chi connectivity index (χ1v) is 5.86. The number of amides is 1. The van der Waals surface area contributed by atoms with Crippen molar-refractivity contribution in [2.24, 2.45) is 17.6 Å². The molecule has 0 aliphatic rings. The summed E-state index contributed by atoms with van der Waals surface area (Å²) >= 11 is 0. The molecule has 3 heteroatoms. The molecule has 0 saturated heterocycles. The first-order chi connectivity index (χ1) is 6.84. The van der Waals surface area contributed by atoms with Gasteiger partial charge in [0.15, 0.2) is 0 Å².